The molecule has 0 aliphatic carbocycles. The smallest absolute Gasteiger partial charge is 0.161 e. The summed E-state index contributed by atoms with van der Waals surface area (Å²) in [6.45, 7) is 8.65. The van der Waals surface area contributed by atoms with Gasteiger partial charge in [-0.25, -0.2) is 0 Å². The van der Waals surface area contributed by atoms with Gasteiger partial charge in [-0.3, -0.25) is 4.98 Å². The van der Waals surface area contributed by atoms with Crippen LogP contribution in [0.4, 0.5) is 0 Å². The highest BCUT2D eigenvalue weighted by Gasteiger charge is 2.17. The van der Waals surface area contributed by atoms with E-state index in [1.165, 1.54) is 32.1 Å². The van der Waals surface area contributed by atoms with E-state index < -0.39 is 0 Å². The fourth-order valence-corrected chi connectivity index (χ4v) is 5.97. The van der Waals surface area contributed by atoms with Crippen molar-refractivity contribution in [3.8, 4) is 40.2 Å². The Morgan fingerprint density at radius 1 is 0.933 bits per heavy atom. The van der Waals surface area contributed by atoms with Crippen molar-refractivity contribution in [2.24, 2.45) is 0 Å². The molecule has 3 heterocycles. The predicted octanol–water partition coefficient (Wildman–Crippen LogP) is 6.70. The number of aromatic nitrogens is 1. The molecule has 8 nitrogen and oxygen atoms in total. The molecule has 4 aromatic rings. The van der Waals surface area contributed by atoms with Crippen molar-refractivity contribution in [2.75, 3.05) is 39.4 Å². The first-order valence-electron chi connectivity index (χ1n) is 15.4. The summed E-state index contributed by atoms with van der Waals surface area (Å²) in [6, 6.07) is 19.9. The third-order valence-electron chi connectivity index (χ3n) is 8.23. The average molecular weight is 625 g/mol. The van der Waals surface area contributed by atoms with E-state index in [1.54, 1.807) is 12.3 Å². The average Bonchev–Trinajstić information content (AvgIpc) is 3.60. The van der Waals surface area contributed by atoms with Crippen molar-refractivity contribution >= 4 is 11.6 Å². The zero-order valence-electron chi connectivity index (χ0n) is 25.5. The van der Waals surface area contributed by atoms with Crippen LogP contribution in [-0.2, 0) is 19.8 Å². The van der Waals surface area contributed by atoms with Crippen LogP contribution < -0.4 is 24.3 Å². The van der Waals surface area contributed by atoms with Gasteiger partial charge in [0.25, 0.3) is 0 Å². The van der Waals surface area contributed by atoms with Crippen LogP contribution in [0.2, 0.25) is 5.02 Å². The van der Waals surface area contributed by atoms with Crippen LogP contribution in [0, 0.1) is 18.3 Å². The van der Waals surface area contributed by atoms with E-state index in [2.05, 4.69) is 46.4 Å². The molecule has 45 heavy (non-hydrogen) atoms. The SMILES string of the molecule is Cc1c(COc2cc(OCc3cncc(C#N)c3)c(CNCCN3CCCC3)cc2Cl)cccc1-c1ccc2c(c1)OCCO2. The van der Waals surface area contributed by atoms with Gasteiger partial charge < -0.3 is 29.2 Å². The summed E-state index contributed by atoms with van der Waals surface area (Å²) in [4.78, 5) is 6.64. The van der Waals surface area contributed by atoms with E-state index in [0.717, 1.165) is 58.0 Å². The molecule has 0 bridgehead atoms. The number of benzene rings is 3. The maximum Gasteiger partial charge on any atom is 0.161 e. The molecule has 1 saturated heterocycles. The van der Waals surface area contributed by atoms with Gasteiger partial charge in [0.15, 0.2) is 11.5 Å². The van der Waals surface area contributed by atoms with Crippen LogP contribution in [0.5, 0.6) is 23.0 Å². The highest BCUT2D eigenvalue weighted by atomic mass is 35.5. The minimum Gasteiger partial charge on any atom is -0.488 e. The summed E-state index contributed by atoms with van der Waals surface area (Å²) < 4.78 is 24.1. The minimum atomic E-state index is 0.265. The van der Waals surface area contributed by atoms with E-state index in [0.29, 0.717) is 48.5 Å². The molecule has 0 radical (unpaired) electrons. The molecule has 0 amide bonds. The number of ether oxygens (including phenoxy) is 4. The first-order valence-corrected chi connectivity index (χ1v) is 15.8. The van der Waals surface area contributed by atoms with Crippen LogP contribution in [0.15, 0.2) is 67.0 Å². The number of nitriles is 1. The summed E-state index contributed by atoms with van der Waals surface area (Å²) in [5.41, 5.74) is 6.57. The van der Waals surface area contributed by atoms with Crippen molar-refractivity contribution < 1.29 is 18.9 Å². The predicted molar refractivity (Wildman–Crippen MR) is 174 cm³/mol. The summed E-state index contributed by atoms with van der Waals surface area (Å²) in [7, 11) is 0. The summed E-state index contributed by atoms with van der Waals surface area (Å²) >= 11 is 6.79. The van der Waals surface area contributed by atoms with Crippen molar-refractivity contribution in [3.05, 3.63) is 99.8 Å². The molecule has 6 rings (SSSR count). The monoisotopic (exact) mass is 624 g/mol. The van der Waals surface area contributed by atoms with E-state index in [9.17, 15) is 5.26 Å². The second kappa shape index (κ2) is 14.7. The quantitative estimate of drug-likeness (QED) is 0.174. The van der Waals surface area contributed by atoms with Crippen LogP contribution >= 0.6 is 11.6 Å². The molecule has 1 N–H and O–H groups in total. The molecule has 0 spiro atoms. The van der Waals surface area contributed by atoms with Gasteiger partial charge in [-0.1, -0.05) is 35.9 Å². The lowest BCUT2D eigenvalue weighted by atomic mass is 9.96. The molecule has 1 fully saturated rings. The van der Waals surface area contributed by atoms with Crippen LogP contribution in [0.25, 0.3) is 11.1 Å². The van der Waals surface area contributed by atoms with Gasteiger partial charge in [-0.2, -0.15) is 5.26 Å². The maximum absolute atomic E-state index is 9.27. The molecule has 0 saturated carbocycles. The fraction of sp³-hybridized carbons (Fsp3) is 0.333. The molecule has 3 aromatic carbocycles. The van der Waals surface area contributed by atoms with Gasteiger partial charge in [0, 0.05) is 49.2 Å². The molecule has 2 aliphatic heterocycles. The van der Waals surface area contributed by atoms with Gasteiger partial charge in [-0.05, 0) is 79.4 Å². The lowest BCUT2D eigenvalue weighted by molar-refractivity contribution is 0.171. The first kappa shape index (κ1) is 30.7. The number of likely N-dealkylation sites (tertiary alicyclic amines) is 1. The molecule has 9 heteroatoms. The van der Waals surface area contributed by atoms with Crippen molar-refractivity contribution in [2.45, 2.75) is 39.5 Å². The molecular formula is C36H37ClN4O4. The molecule has 1 aromatic heterocycles. The fourth-order valence-electron chi connectivity index (χ4n) is 5.73. The Morgan fingerprint density at radius 2 is 1.76 bits per heavy atom. The normalized spacial score (nSPS) is 14.2. The van der Waals surface area contributed by atoms with E-state index in [4.69, 9.17) is 30.5 Å². The first-order chi connectivity index (χ1) is 22.1. The van der Waals surface area contributed by atoms with E-state index in [1.807, 2.05) is 30.3 Å². The summed E-state index contributed by atoms with van der Waals surface area (Å²) in [5, 5.41) is 13.3. The second-order valence-electron chi connectivity index (χ2n) is 11.3. The molecular weight excluding hydrogens is 588 g/mol. The third-order valence-corrected chi connectivity index (χ3v) is 8.53. The van der Waals surface area contributed by atoms with Gasteiger partial charge in [0.05, 0.1) is 10.6 Å². The van der Waals surface area contributed by atoms with Crippen molar-refractivity contribution in [3.63, 3.8) is 0 Å². The van der Waals surface area contributed by atoms with Crippen molar-refractivity contribution in [1.29, 1.82) is 5.26 Å². The maximum atomic E-state index is 9.27. The lowest BCUT2D eigenvalue weighted by Crippen LogP contribution is -2.29. The second-order valence-corrected chi connectivity index (χ2v) is 11.7. The molecule has 0 unspecified atom stereocenters. The number of pyridine rings is 1. The molecule has 0 atom stereocenters. The highest BCUT2D eigenvalue weighted by Crippen LogP contribution is 2.37. The van der Waals surface area contributed by atoms with Crippen LogP contribution in [0.1, 0.15) is 40.7 Å². The van der Waals surface area contributed by atoms with Gasteiger partial charge >= 0.3 is 0 Å². The number of fused-ring (bicyclic) bond motifs is 1. The van der Waals surface area contributed by atoms with Crippen LogP contribution in [0.3, 0.4) is 0 Å². The number of hydrogen-bond acceptors (Lipinski definition) is 8. The van der Waals surface area contributed by atoms with E-state index in [-0.39, 0.29) is 6.61 Å². The highest BCUT2D eigenvalue weighted by molar-refractivity contribution is 6.32. The van der Waals surface area contributed by atoms with Crippen LogP contribution in [-0.4, -0.2) is 49.3 Å². The topological polar surface area (TPSA) is 88.9 Å². The Kier molecular flexibility index (Phi) is 10.0. The standard InChI is InChI=1S/C36H37ClN4O4/c1-25-29(5-4-6-31(25)28-7-8-33-36(17-28)43-14-13-42-33)24-45-35-18-34(44-23-27-15-26(19-38)20-40-21-27)30(16-32(35)37)22-39-9-12-41-10-2-3-11-41/h4-8,15-18,20-21,39H,2-3,9-14,22-24H2,1H3. The lowest BCUT2D eigenvalue weighted by Gasteiger charge is -2.20. The number of hydrogen-bond donors (Lipinski definition) is 1. The largest absolute Gasteiger partial charge is 0.488 e. The Balaban J connectivity index is 1.18. The Labute approximate surface area is 269 Å². The summed E-state index contributed by atoms with van der Waals surface area (Å²) in [5.74, 6) is 2.75. The minimum absolute atomic E-state index is 0.265. The van der Waals surface area contributed by atoms with Crippen molar-refractivity contribution in [1.82, 2.24) is 15.2 Å². The number of nitrogens with zero attached hydrogens (tertiary/aromatic N) is 3. The third kappa shape index (κ3) is 7.69. The number of halogens is 1. The molecule has 2 aliphatic rings. The Morgan fingerprint density at radius 3 is 2.60 bits per heavy atom. The zero-order chi connectivity index (χ0) is 31.0. The number of nitrogens with one attached hydrogen (secondary N) is 1. The van der Waals surface area contributed by atoms with E-state index >= 15 is 0 Å². The van der Waals surface area contributed by atoms with Gasteiger partial charge in [-0.15, -0.1) is 0 Å². The van der Waals surface area contributed by atoms with Gasteiger partial charge in [0.2, 0.25) is 0 Å². The number of rotatable bonds is 12. The Hall–Kier alpha value is -4.29. The van der Waals surface area contributed by atoms with Gasteiger partial charge in [0.1, 0.15) is 44.0 Å². The summed E-state index contributed by atoms with van der Waals surface area (Å²) in [6.07, 6.45) is 5.80. The molecule has 232 valence electrons. The Bertz CT molecular complexity index is 1680. The zero-order valence-corrected chi connectivity index (χ0v) is 26.2.